The molecule has 1 aromatic rings. The Balaban J connectivity index is 2.52. The lowest BCUT2D eigenvalue weighted by Gasteiger charge is -2.08. The minimum atomic E-state index is -0.349. The van der Waals surface area contributed by atoms with Crippen molar-refractivity contribution in [2.24, 2.45) is 0 Å². The molecule has 0 aliphatic carbocycles. The van der Waals surface area contributed by atoms with Crippen LogP contribution in [0.1, 0.15) is 32.3 Å². The highest BCUT2D eigenvalue weighted by Gasteiger charge is 2.03. The Morgan fingerprint density at radius 1 is 1.53 bits per heavy atom. The first-order chi connectivity index (χ1) is 9.02. The molecule has 1 unspecified atom stereocenters. The Kier molecular flexibility index (Phi) is 6.60. The Morgan fingerprint density at radius 2 is 2.26 bits per heavy atom. The first kappa shape index (κ1) is 15.7. The fourth-order valence-corrected chi connectivity index (χ4v) is 1.82. The normalized spacial score (nSPS) is 13.2. The highest BCUT2D eigenvalue weighted by atomic mass is 35.5. The summed E-state index contributed by atoms with van der Waals surface area (Å²) < 4.78 is 0. The summed E-state index contributed by atoms with van der Waals surface area (Å²) in [6.07, 6.45) is 2.47. The van der Waals surface area contributed by atoms with Crippen LogP contribution >= 0.6 is 11.6 Å². The number of amides is 1. The number of allylic oxidation sites excluding steroid dienone is 1. The number of aliphatic hydroxyl groups excluding tert-OH is 1. The van der Waals surface area contributed by atoms with Crippen LogP contribution in [0.25, 0.3) is 5.57 Å². The van der Waals surface area contributed by atoms with E-state index in [2.05, 4.69) is 5.32 Å². The zero-order valence-electron chi connectivity index (χ0n) is 11.3. The van der Waals surface area contributed by atoms with Gasteiger partial charge in [0.2, 0.25) is 5.91 Å². The summed E-state index contributed by atoms with van der Waals surface area (Å²) in [5.41, 5.74) is 1.78. The lowest BCUT2D eigenvalue weighted by atomic mass is 10.1. The predicted octanol–water partition coefficient (Wildman–Crippen LogP) is 3.02. The Hall–Kier alpha value is -1.32. The standard InChI is InChI=1S/C15H20ClNO2/c1-3-14(18)7-8-17-15(19)9-11(2)12-5-4-6-13(16)10-12/h4-6,9-10,14,18H,3,7-8H2,1-2H3,(H,17,19)/b11-9-. The molecule has 0 fully saturated rings. The van der Waals surface area contributed by atoms with E-state index in [1.54, 1.807) is 12.1 Å². The molecule has 0 radical (unpaired) electrons. The zero-order valence-corrected chi connectivity index (χ0v) is 12.1. The van der Waals surface area contributed by atoms with Crippen LogP contribution in [0.15, 0.2) is 30.3 Å². The number of aliphatic hydroxyl groups is 1. The van der Waals surface area contributed by atoms with Crippen LogP contribution in [-0.2, 0) is 4.79 Å². The molecule has 0 bridgehead atoms. The highest BCUT2D eigenvalue weighted by Crippen LogP contribution is 2.17. The number of benzene rings is 1. The largest absolute Gasteiger partial charge is 0.393 e. The maximum Gasteiger partial charge on any atom is 0.244 e. The molecule has 1 aromatic carbocycles. The second-order valence-corrected chi connectivity index (χ2v) is 4.92. The average molecular weight is 282 g/mol. The van der Waals surface area contributed by atoms with E-state index in [1.807, 2.05) is 32.0 Å². The molecule has 3 nitrogen and oxygen atoms in total. The molecule has 0 aliphatic rings. The summed E-state index contributed by atoms with van der Waals surface area (Å²) in [6.45, 7) is 4.26. The minimum Gasteiger partial charge on any atom is -0.393 e. The fraction of sp³-hybridized carbons (Fsp3) is 0.400. The van der Waals surface area contributed by atoms with Crippen molar-refractivity contribution in [3.63, 3.8) is 0 Å². The van der Waals surface area contributed by atoms with Crippen LogP contribution in [-0.4, -0.2) is 23.7 Å². The minimum absolute atomic E-state index is 0.152. The number of carbonyl (C=O) groups excluding carboxylic acids is 1. The Bertz CT molecular complexity index is 457. The number of hydrogen-bond donors (Lipinski definition) is 2. The summed E-state index contributed by atoms with van der Waals surface area (Å²) in [4.78, 5) is 11.7. The van der Waals surface area contributed by atoms with Crippen molar-refractivity contribution < 1.29 is 9.90 Å². The molecule has 1 amide bonds. The third-order valence-corrected chi connectivity index (χ3v) is 3.11. The van der Waals surface area contributed by atoms with Crippen LogP contribution < -0.4 is 5.32 Å². The van der Waals surface area contributed by atoms with Crippen molar-refractivity contribution in [2.75, 3.05) is 6.54 Å². The number of carbonyl (C=O) groups is 1. The van der Waals surface area contributed by atoms with E-state index >= 15 is 0 Å². The molecule has 0 spiro atoms. The van der Waals surface area contributed by atoms with Crippen molar-refractivity contribution in [1.82, 2.24) is 5.32 Å². The number of nitrogens with one attached hydrogen (secondary N) is 1. The molecule has 4 heteroatoms. The lowest BCUT2D eigenvalue weighted by molar-refractivity contribution is -0.116. The summed E-state index contributed by atoms with van der Waals surface area (Å²) in [5.74, 6) is -0.152. The SMILES string of the molecule is CCC(O)CCNC(=O)/C=C(/C)c1cccc(Cl)c1. The lowest BCUT2D eigenvalue weighted by Crippen LogP contribution is -2.25. The second-order valence-electron chi connectivity index (χ2n) is 4.48. The van der Waals surface area contributed by atoms with Crippen molar-refractivity contribution in [3.05, 3.63) is 40.9 Å². The molecule has 0 saturated carbocycles. The number of halogens is 1. The molecule has 1 rings (SSSR count). The maximum atomic E-state index is 11.7. The zero-order chi connectivity index (χ0) is 14.3. The molecule has 104 valence electrons. The summed E-state index contributed by atoms with van der Waals surface area (Å²) in [5, 5.41) is 12.8. The molecule has 0 heterocycles. The van der Waals surface area contributed by atoms with Gasteiger partial charge in [-0.1, -0.05) is 30.7 Å². The van der Waals surface area contributed by atoms with Crippen molar-refractivity contribution >= 4 is 23.1 Å². The van der Waals surface area contributed by atoms with Gasteiger partial charge in [-0.3, -0.25) is 4.79 Å². The van der Waals surface area contributed by atoms with Gasteiger partial charge in [-0.2, -0.15) is 0 Å². The molecule has 0 aliphatic heterocycles. The van der Waals surface area contributed by atoms with E-state index in [0.29, 0.717) is 24.4 Å². The van der Waals surface area contributed by atoms with Gasteiger partial charge in [-0.25, -0.2) is 0 Å². The molecule has 1 atom stereocenters. The molecule has 0 aromatic heterocycles. The van der Waals surface area contributed by atoms with E-state index in [0.717, 1.165) is 11.1 Å². The van der Waals surface area contributed by atoms with Crippen LogP contribution in [0.5, 0.6) is 0 Å². The predicted molar refractivity (Wildman–Crippen MR) is 79.0 cm³/mol. The maximum absolute atomic E-state index is 11.7. The van der Waals surface area contributed by atoms with Crippen LogP contribution in [0.3, 0.4) is 0 Å². The van der Waals surface area contributed by atoms with Gasteiger partial charge >= 0.3 is 0 Å². The first-order valence-corrected chi connectivity index (χ1v) is 6.81. The molecule has 19 heavy (non-hydrogen) atoms. The van der Waals surface area contributed by atoms with Gasteiger partial charge in [0, 0.05) is 17.6 Å². The molecule has 0 saturated heterocycles. The number of rotatable bonds is 6. The van der Waals surface area contributed by atoms with Crippen LogP contribution in [0, 0.1) is 0 Å². The number of hydrogen-bond acceptors (Lipinski definition) is 2. The average Bonchev–Trinajstić information content (AvgIpc) is 2.38. The van der Waals surface area contributed by atoms with Gasteiger partial charge in [0.15, 0.2) is 0 Å². The third kappa shape index (κ3) is 5.90. The van der Waals surface area contributed by atoms with E-state index in [-0.39, 0.29) is 12.0 Å². The van der Waals surface area contributed by atoms with E-state index in [9.17, 15) is 9.90 Å². The second kappa shape index (κ2) is 7.97. The van der Waals surface area contributed by atoms with Gasteiger partial charge in [-0.05, 0) is 43.0 Å². The fourth-order valence-electron chi connectivity index (χ4n) is 1.63. The van der Waals surface area contributed by atoms with E-state index in [4.69, 9.17) is 11.6 Å². The monoisotopic (exact) mass is 281 g/mol. The first-order valence-electron chi connectivity index (χ1n) is 6.43. The van der Waals surface area contributed by atoms with Gasteiger partial charge < -0.3 is 10.4 Å². The quantitative estimate of drug-likeness (QED) is 0.788. The highest BCUT2D eigenvalue weighted by molar-refractivity contribution is 6.30. The third-order valence-electron chi connectivity index (χ3n) is 2.88. The van der Waals surface area contributed by atoms with Gasteiger partial charge in [0.25, 0.3) is 0 Å². The van der Waals surface area contributed by atoms with Gasteiger partial charge in [0.05, 0.1) is 6.10 Å². The van der Waals surface area contributed by atoms with Gasteiger partial charge in [0.1, 0.15) is 0 Å². The van der Waals surface area contributed by atoms with E-state index < -0.39 is 0 Å². The summed E-state index contributed by atoms with van der Waals surface area (Å²) in [6, 6.07) is 7.38. The van der Waals surface area contributed by atoms with Crippen LogP contribution in [0.4, 0.5) is 0 Å². The molecular formula is C15H20ClNO2. The van der Waals surface area contributed by atoms with Gasteiger partial charge in [-0.15, -0.1) is 0 Å². The summed E-state index contributed by atoms with van der Waals surface area (Å²) in [7, 11) is 0. The molecular weight excluding hydrogens is 262 g/mol. The summed E-state index contributed by atoms with van der Waals surface area (Å²) >= 11 is 5.90. The van der Waals surface area contributed by atoms with Crippen molar-refractivity contribution in [3.8, 4) is 0 Å². The Morgan fingerprint density at radius 3 is 2.89 bits per heavy atom. The van der Waals surface area contributed by atoms with Crippen molar-refractivity contribution in [2.45, 2.75) is 32.8 Å². The topological polar surface area (TPSA) is 49.3 Å². The molecule has 2 N–H and O–H groups in total. The van der Waals surface area contributed by atoms with Crippen molar-refractivity contribution in [1.29, 1.82) is 0 Å². The smallest absolute Gasteiger partial charge is 0.244 e. The van der Waals surface area contributed by atoms with E-state index in [1.165, 1.54) is 0 Å². The Labute approximate surface area is 119 Å². The van der Waals surface area contributed by atoms with Crippen LogP contribution in [0.2, 0.25) is 5.02 Å².